The van der Waals surface area contributed by atoms with Crippen LogP contribution in [-0.2, 0) is 6.61 Å². The molecule has 0 saturated carbocycles. The Bertz CT molecular complexity index is 961. The Morgan fingerprint density at radius 2 is 1.68 bits per heavy atom. The largest absolute Gasteiger partial charge is 0.497 e. The maximum Gasteiger partial charge on any atom is 0.185 e. The number of allylic oxidation sites excluding steroid dienone is 1. The van der Waals surface area contributed by atoms with Gasteiger partial charge in [0, 0.05) is 5.56 Å². The molecule has 0 radical (unpaired) electrons. The van der Waals surface area contributed by atoms with Crippen LogP contribution in [-0.4, -0.2) is 20.0 Å². The molecule has 142 valence electrons. The molecule has 0 N–H and O–H groups in total. The minimum absolute atomic E-state index is 0.0959. The van der Waals surface area contributed by atoms with Gasteiger partial charge in [0.05, 0.1) is 14.2 Å². The van der Waals surface area contributed by atoms with Crippen molar-refractivity contribution in [2.75, 3.05) is 14.2 Å². The number of carbonyl (C=O) groups excluding carboxylic acids is 1. The lowest BCUT2D eigenvalue weighted by Gasteiger charge is -2.11. The fraction of sp³-hybridized carbons (Fsp3) is 0.125. The third-order valence-electron chi connectivity index (χ3n) is 4.21. The third kappa shape index (κ3) is 5.01. The van der Waals surface area contributed by atoms with Crippen molar-refractivity contribution in [1.29, 1.82) is 0 Å². The molecule has 4 nitrogen and oxygen atoms in total. The van der Waals surface area contributed by atoms with E-state index in [1.54, 1.807) is 44.6 Å². The van der Waals surface area contributed by atoms with E-state index in [4.69, 9.17) is 14.2 Å². The first-order chi connectivity index (χ1) is 13.7. The highest BCUT2D eigenvalue weighted by molar-refractivity contribution is 6.07. The van der Waals surface area contributed by atoms with Crippen LogP contribution in [0, 0.1) is 0 Å². The molecule has 0 amide bonds. The maximum absolute atomic E-state index is 12.4. The average Bonchev–Trinajstić information content (AvgIpc) is 2.76. The summed E-state index contributed by atoms with van der Waals surface area (Å²) in [5.41, 5.74) is 2.49. The van der Waals surface area contributed by atoms with E-state index in [0.717, 1.165) is 11.1 Å². The lowest BCUT2D eigenvalue weighted by molar-refractivity contribution is 0.104. The predicted molar refractivity (Wildman–Crippen MR) is 110 cm³/mol. The van der Waals surface area contributed by atoms with E-state index in [9.17, 15) is 4.79 Å². The second-order valence-corrected chi connectivity index (χ2v) is 6.11. The summed E-state index contributed by atoms with van der Waals surface area (Å²) in [6.45, 7) is 0.438. The summed E-state index contributed by atoms with van der Waals surface area (Å²) in [6.07, 6.45) is 3.30. The number of hydrogen-bond donors (Lipinski definition) is 0. The molecule has 0 aliphatic heterocycles. The molecule has 28 heavy (non-hydrogen) atoms. The van der Waals surface area contributed by atoms with Crippen molar-refractivity contribution in [3.8, 4) is 17.2 Å². The topological polar surface area (TPSA) is 44.8 Å². The molecule has 4 heteroatoms. The van der Waals surface area contributed by atoms with Crippen molar-refractivity contribution in [1.82, 2.24) is 0 Å². The second-order valence-electron chi connectivity index (χ2n) is 6.11. The van der Waals surface area contributed by atoms with Crippen molar-refractivity contribution in [3.05, 3.63) is 95.6 Å². The van der Waals surface area contributed by atoms with Gasteiger partial charge in [0.1, 0.15) is 12.4 Å². The fourth-order valence-corrected chi connectivity index (χ4v) is 2.69. The molecule has 0 spiro atoms. The van der Waals surface area contributed by atoms with Gasteiger partial charge in [-0.05, 0) is 41.5 Å². The highest BCUT2D eigenvalue weighted by Gasteiger charge is 2.07. The maximum atomic E-state index is 12.4. The van der Waals surface area contributed by atoms with Gasteiger partial charge < -0.3 is 14.2 Å². The number of carbonyl (C=O) groups is 1. The van der Waals surface area contributed by atoms with Crippen LogP contribution >= 0.6 is 0 Å². The van der Waals surface area contributed by atoms with Gasteiger partial charge in [-0.3, -0.25) is 4.79 Å². The third-order valence-corrected chi connectivity index (χ3v) is 4.21. The molecule has 0 heterocycles. The molecule has 3 rings (SSSR count). The van der Waals surface area contributed by atoms with Crippen LogP contribution < -0.4 is 14.2 Å². The Kier molecular flexibility index (Phi) is 6.47. The Labute approximate surface area is 165 Å². The molecular weight excluding hydrogens is 352 g/mol. The van der Waals surface area contributed by atoms with Crippen LogP contribution in [0.4, 0.5) is 0 Å². The summed E-state index contributed by atoms with van der Waals surface area (Å²) in [5, 5.41) is 0. The van der Waals surface area contributed by atoms with E-state index in [-0.39, 0.29) is 5.78 Å². The number of ether oxygens (including phenoxy) is 3. The first kappa shape index (κ1) is 19.2. The molecule has 0 unspecified atom stereocenters. The number of methoxy groups -OCH3 is 2. The number of ketones is 1. The number of rotatable bonds is 8. The summed E-state index contributed by atoms with van der Waals surface area (Å²) in [4.78, 5) is 12.4. The summed E-state index contributed by atoms with van der Waals surface area (Å²) in [5.74, 6) is 1.83. The highest BCUT2D eigenvalue weighted by atomic mass is 16.5. The molecule has 3 aromatic carbocycles. The first-order valence-corrected chi connectivity index (χ1v) is 8.91. The SMILES string of the molecule is COc1cccc(C(=O)C=Cc2ccc(OC)c(OCc3ccccc3)c2)c1. The van der Waals surface area contributed by atoms with Crippen molar-refractivity contribution in [2.45, 2.75) is 6.61 Å². The van der Waals surface area contributed by atoms with Crippen LogP contribution in [0.15, 0.2) is 78.9 Å². The summed E-state index contributed by atoms with van der Waals surface area (Å²) in [6, 6.07) is 22.6. The Balaban J connectivity index is 1.74. The molecule has 0 fully saturated rings. The van der Waals surface area contributed by atoms with Crippen LogP contribution in [0.25, 0.3) is 6.08 Å². The van der Waals surface area contributed by atoms with Gasteiger partial charge >= 0.3 is 0 Å². The molecule has 3 aromatic rings. The molecule has 0 aliphatic rings. The number of hydrogen-bond acceptors (Lipinski definition) is 4. The monoisotopic (exact) mass is 374 g/mol. The average molecular weight is 374 g/mol. The van der Waals surface area contributed by atoms with Gasteiger partial charge in [0.2, 0.25) is 0 Å². The lowest BCUT2D eigenvalue weighted by atomic mass is 10.1. The van der Waals surface area contributed by atoms with Crippen molar-refractivity contribution in [3.63, 3.8) is 0 Å². The van der Waals surface area contributed by atoms with Gasteiger partial charge in [-0.25, -0.2) is 0 Å². The zero-order chi connectivity index (χ0) is 19.8. The highest BCUT2D eigenvalue weighted by Crippen LogP contribution is 2.29. The van der Waals surface area contributed by atoms with E-state index in [1.807, 2.05) is 48.5 Å². The summed E-state index contributed by atoms with van der Waals surface area (Å²) < 4.78 is 16.5. The second kappa shape index (κ2) is 9.42. The fourth-order valence-electron chi connectivity index (χ4n) is 2.69. The van der Waals surface area contributed by atoms with Gasteiger partial charge in [-0.15, -0.1) is 0 Å². The van der Waals surface area contributed by atoms with Crippen LogP contribution in [0.5, 0.6) is 17.2 Å². The molecule has 0 saturated heterocycles. The van der Waals surface area contributed by atoms with Crippen molar-refractivity contribution >= 4 is 11.9 Å². The summed E-state index contributed by atoms with van der Waals surface area (Å²) in [7, 11) is 3.18. The van der Waals surface area contributed by atoms with E-state index in [2.05, 4.69) is 0 Å². The minimum Gasteiger partial charge on any atom is -0.497 e. The van der Waals surface area contributed by atoms with Crippen LogP contribution in [0.3, 0.4) is 0 Å². The van der Waals surface area contributed by atoms with Crippen LogP contribution in [0.1, 0.15) is 21.5 Å². The number of benzene rings is 3. The van der Waals surface area contributed by atoms with E-state index >= 15 is 0 Å². The summed E-state index contributed by atoms with van der Waals surface area (Å²) >= 11 is 0. The minimum atomic E-state index is -0.0959. The standard InChI is InChI=1S/C24H22O4/c1-26-21-10-6-9-20(16-21)22(25)13-11-18-12-14-23(27-2)24(15-18)28-17-19-7-4-3-5-8-19/h3-16H,17H2,1-2H3. The van der Waals surface area contributed by atoms with Crippen LogP contribution in [0.2, 0.25) is 0 Å². The first-order valence-electron chi connectivity index (χ1n) is 8.91. The zero-order valence-electron chi connectivity index (χ0n) is 15.9. The molecule has 0 atom stereocenters. The normalized spacial score (nSPS) is 10.6. The Hall–Kier alpha value is -3.53. The van der Waals surface area contributed by atoms with E-state index in [1.165, 1.54) is 6.08 Å². The van der Waals surface area contributed by atoms with Gasteiger partial charge in [-0.1, -0.05) is 54.6 Å². The van der Waals surface area contributed by atoms with Crippen molar-refractivity contribution in [2.24, 2.45) is 0 Å². The van der Waals surface area contributed by atoms with Gasteiger partial charge in [-0.2, -0.15) is 0 Å². The Morgan fingerprint density at radius 1 is 0.857 bits per heavy atom. The smallest absolute Gasteiger partial charge is 0.185 e. The van der Waals surface area contributed by atoms with E-state index in [0.29, 0.717) is 29.4 Å². The molecule has 0 aromatic heterocycles. The van der Waals surface area contributed by atoms with Gasteiger partial charge in [0.25, 0.3) is 0 Å². The lowest BCUT2D eigenvalue weighted by Crippen LogP contribution is -1.98. The zero-order valence-corrected chi connectivity index (χ0v) is 15.9. The van der Waals surface area contributed by atoms with Crippen molar-refractivity contribution < 1.29 is 19.0 Å². The molecule has 0 aliphatic carbocycles. The molecule has 0 bridgehead atoms. The van der Waals surface area contributed by atoms with Gasteiger partial charge in [0.15, 0.2) is 17.3 Å². The Morgan fingerprint density at radius 3 is 2.43 bits per heavy atom. The molecular formula is C24H22O4. The predicted octanol–water partition coefficient (Wildman–Crippen LogP) is 5.18. The quantitative estimate of drug-likeness (QED) is 0.403. The van der Waals surface area contributed by atoms with E-state index < -0.39 is 0 Å².